The second-order valence-corrected chi connectivity index (χ2v) is 9.43. The molecule has 0 aliphatic heterocycles. The Bertz CT molecular complexity index is 792. The zero-order valence-corrected chi connectivity index (χ0v) is 21.7. The molecule has 2 nitrogen and oxygen atoms in total. The Hall–Kier alpha value is -1.96. The minimum Gasteiger partial charge on any atom is -0.150 e. The molecule has 0 atom stereocenters. The molecule has 0 saturated carbocycles. The average molecular weight is 435 g/mol. The summed E-state index contributed by atoms with van der Waals surface area (Å²) < 4.78 is 0. The lowest BCUT2D eigenvalue weighted by atomic mass is 9.96. The average Bonchev–Trinajstić information content (AvgIpc) is 2.79. The highest BCUT2D eigenvalue weighted by Gasteiger charge is 2.10. The molecule has 0 N–H and O–H groups in total. The van der Waals surface area contributed by atoms with Crippen LogP contribution in [0.4, 0.5) is 11.4 Å². The van der Waals surface area contributed by atoms with Crippen molar-refractivity contribution in [3.05, 3.63) is 57.6 Å². The largest absolute Gasteiger partial charge is 0.150 e. The molecule has 0 spiro atoms. The van der Waals surface area contributed by atoms with Gasteiger partial charge in [-0.1, -0.05) is 65.5 Å². The summed E-state index contributed by atoms with van der Waals surface area (Å²) in [6.45, 7) is 13.5. The Labute approximate surface area is 198 Å². The molecule has 2 aromatic rings. The second kappa shape index (κ2) is 14.2. The molecule has 0 heterocycles. The Morgan fingerprint density at radius 3 is 1.09 bits per heavy atom. The van der Waals surface area contributed by atoms with Gasteiger partial charge in [-0.05, 0) is 111 Å². The SMILES string of the molecule is CCCCc1cc(N=Nc2cc(CCCC)c(C)cc2CCCC)c(CCCC)cc1C. The van der Waals surface area contributed by atoms with Gasteiger partial charge in [0.2, 0.25) is 0 Å². The van der Waals surface area contributed by atoms with Crippen molar-refractivity contribution in [3.63, 3.8) is 0 Å². The van der Waals surface area contributed by atoms with Crippen molar-refractivity contribution in [1.82, 2.24) is 0 Å². The summed E-state index contributed by atoms with van der Waals surface area (Å²) in [6, 6.07) is 9.37. The summed E-state index contributed by atoms with van der Waals surface area (Å²) in [5, 5.41) is 9.77. The van der Waals surface area contributed by atoms with Crippen molar-refractivity contribution in [1.29, 1.82) is 0 Å². The normalized spacial score (nSPS) is 11.6. The second-order valence-electron chi connectivity index (χ2n) is 9.43. The molecule has 0 amide bonds. The van der Waals surface area contributed by atoms with Gasteiger partial charge in [-0.15, -0.1) is 0 Å². The smallest absolute Gasteiger partial charge is 0.0891 e. The summed E-state index contributed by atoms with van der Waals surface area (Å²) in [7, 11) is 0. The molecule has 0 bridgehead atoms. The van der Waals surface area contributed by atoms with Crippen LogP contribution in [0.15, 0.2) is 34.5 Å². The van der Waals surface area contributed by atoms with Gasteiger partial charge in [0.15, 0.2) is 0 Å². The Balaban J connectivity index is 2.45. The highest BCUT2D eigenvalue weighted by atomic mass is 15.1. The molecule has 2 heteroatoms. The van der Waals surface area contributed by atoms with Crippen molar-refractivity contribution in [2.75, 3.05) is 0 Å². The number of hydrogen-bond acceptors (Lipinski definition) is 2. The van der Waals surface area contributed by atoms with Crippen molar-refractivity contribution < 1.29 is 0 Å². The monoisotopic (exact) mass is 434 g/mol. The minimum atomic E-state index is 1.08. The van der Waals surface area contributed by atoms with Crippen LogP contribution >= 0.6 is 0 Å². The van der Waals surface area contributed by atoms with E-state index in [0.717, 1.165) is 37.1 Å². The Kier molecular flexibility index (Phi) is 11.7. The summed E-state index contributed by atoms with van der Waals surface area (Å²) >= 11 is 0. The van der Waals surface area contributed by atoms with E-state index in [9.17, 15) is 0 Å². The molecule has 0 radical (unpaired) electrons. The molecular formula is C30H46N2. The first kappa shape index (κ1) is 26.3. The molecule has 2 rings (SSSR count). The van der Waals surface area contributed by atoms with Gasteiger partial charge in [0.25, 0.3) is 0 Å². The fourth-order valence-electron chi connectivity index (χ4n) is 4.30. The first-order valence-electron chi connectivity index (χ1n) is 13.2. The van der Waals surface area contributed by atoms with Gasteiger partial charge in [0, 0.05) is 0 Å². The van der Waals surface area contributed by atoms with Crippen molar-refractivity contribution >= 4 is 11.4 Å². The Morgan fingerprint density at radius 1 is 0.469 bits per heavy atom. The predicted octanol–water partition coefficient (Wildman–Crippen LogP) is 10.1. The summed E-state index contributed by atoms with van der Waals surface area (Å²) in [6.07, 6.45) is 14.1. The quantitative estimate of drug-likeness (QED) is 0.264. The minimum absolute atomic E-state index is 1.08. The molecule has 0 unspecified atom stereocenters. The van der Waals surface area contributed by atoms with E-state index in [0.29, 0.717) is 0 Å². The molecule has 2 aromatic carbocycles. The highest BCUT2D eigenvalue weighted by Crippen LogP contribution is 2.32. The van der Waals surface area contributed by atoms with E-state index in [4.69, 9.17) is 10.2 Å². The fraction of sp³-hybridized carbons (Fsp3) is 0.600. The van der Waals surface area contributed by atoms with Crippen molar-refractivity contribution in [2.45, 2.75) is 119 Å². The van der Waals surface area contributed by atoms with E-state index < -0.39 is 0 Å². The number of azo groups is 1. The number of unbranched alkanes of at least 4 members (excludes halogenated alkanes) is 4. The topological polar surface area (TPSA) is 24.7 Å². The maximum absolute atomic E-state index is 4.88. The lowest BCUT2D eigenvalue weighted by Crippen LogP contribution is -1.95. The number of aryl methyl sites for hydroxylation is 6. The van der Waals surface area contributed by atoms with Crippen LogP contribution in [0, 0.1) is 13.8 Å². The van der Waals surface area contributed by atoms with Crippen LogP contribution in [0.5, 0.6) is 0 Å². The molecule has 0 saturated heterocycles. The van der Waals surface area contributed by atoms with E-state index in [1.54, 1.807) is 0 Å². The van der Waals surface area contributed by atoms with Crippen LogP contribution in [0.1, 0.15) is 112 Å². The molecule has 0 aliphatic carbocycles. The molecule has 176 valence electrons. The van der Waals surface area contributed by atoms with Crippen molar-refractivity contribution in [2.24, 2.45) is 10.2 Å². The predicted molar refractivity (Wildman–Crippen MR) is 141 cm³/mol. The van der Waals surface area contributed by atoms with E-state index in [1.165, 1.54) is 84.7 Å². The van der Waals surface area contributed by atoms with Gasteiger partial charge in [0.1, 0.15) is 0 Å². The van der Waals surface area contributed by atoms with Crippen LogP contribution in [-0.4, -0.2) is 0 Å². The van der Waals surface area contributed by atoms with Gasteiger partial charge >= 0.3 is 0 Å². The third-order valence-corrected chi connectivity index (χ3v) is 6.54. The van der Waals surface area contributed by atoms with Crippen LogP contribution in [-0.2, 0) is 25.7 Å². The summed E-state index contributed by atoms with van der Waals surface area (Å²) in [5.41, 5.74) is 10.5. The highest BCUT2D eigenvalue weighted by molar-refractivity contribution is 5.54. The molecule has 32 heavy (non-hydrogen) atoms. The van der Waals surface area contributed by atoms with E-state index in [1.807, 2.05) is 0 Å². The van der Waals surface area contributed by atoms with Gasteiger partial charge in [-0.25, -0.2) is 0 Å². The van der Waals surface area contributed by atoms with Gasteiger partial charge in [0.05, 0.1) is 11.4 Å². The third kappa shape index (κ3) is 7.87. The fourth-order valence-corrected chi connectivity index (χ4v) is 4.30. The number of hydrogen-bond donors (Lipinski definition) is 0. The zero-order valence-electron chi connectivity index (χ0n) is 21.7. The maximum atomic E-state index is 4.88. The third-order valence-electron chi connectivity index (χ3n) is 6.54. The van der Waals surface area contributed by atoms with Crippen LogP contribution < -0.4 is 0 Å². The first-order chi connectivity index (χ1) is 15.5. The number of benzene rings is 2. The first-order valence-corrected chi connectivity index (χ1v) is 13.2. The van der Waals surface area contributed by atoms with Gasteiger partial charge < -0.3 is 0 Å². The number of rotatable bonds is 14. The Morgan fingerprint density at radius 2 is 0.781 bits per heavy atom. The van der Waals surface area contributed by atoms with Crippen LogP contribution in [0.3, 0.4) is 0 Å². The molecule has 0 fully saturated rings. The van der Waals surface area contributed by atoms with E-state index in [-0.39, 0.29) is 0 Å². The van der Waals surface area contributed by atoms with Crippen LogP contribution in [0.2, 0.25) is 0 Å². The van der Waals surface area contributed by atoms with E-state index in [2.05, 4.69) is 65.8 Å². The van der Waals surface area contributed by atoms with Crippen LogP contribution in [0.25, 0.3) is 0 Å². The maximum Gasteiger partial charge on any atom is 0.0891 e. The van der Waals surface area contributed by atoms with Gasteiger partial charge in [-0.3, -0.25) is 0 Å². The van der Waals surface area contributed by atoms with Gasteiger partial charge in [-0.2, -0.15) is 10.2 Å². The summed E-state index contributed by atoms with van der Waals surface area (Å²) in [5.74, 6) is 0. The lowest BCUT2D eigenvalue weighted by Gasteiger charge is -2.13. The molecular weight excluding hydrogens is 388 g/mol. The molecule has 0 aliphatic rings. The van der Waals surface area contributed by atoms with E-state index >= 15 is 0 Å². The summed E-state index contributed by atoms with van der Waals surface area (Å²) in [4.78, 5) is 0. The number of nitrogens with zero attached hydrogens (tertiary/aromatic N) is 2. The standard InChI is InChI=1S/C30H46N2/c1-7-11-15-25-21-29(27(17-13-9-3)19-23(25)5)31-32-30-22-26(16-12-8-2)24(6)20-28(30)18-14-10-4/h19-22H,7-18H2,1-6H3. The van der Waals surface area contributed by atoms with Crippen molar-refractivity contribution in [3.8, 4) is 0 Å². The molecule has 0 aromatic heterocycles. The lowest BCUT2D eigenvalue weighted by molar-refractivity contribution is 0.779. The zero-order chi connectivity index (χ0) is 23.3.